The Labute approximate surface area is 160 Å². The molecule has 3 rings (SSSR count). The zero-order valence-electron chi connectivity index (χ0n) is 15.7. The zero-order valence-corrected chi connectivity index (χ0v) is 17.7. The molecule has 27 heavy (non-hydrogen) atoms. The molecule has 3 aromatic rings. The molecule has 0 heterocycles. The molecule has 0 bridgehead atoms. The largest absolute Gasteiger partial charge is 0.416 e. The number of hydrogen-bond donors (Lipinski definition) is 0. The molecule has 0 aliphatic rings. The minimum absolute atomic E-state index is 0.584. The third kappa shape index (κ3) is 3.53. The van der Waals surface area contributed by atoms with Gasteiger partial charge in [-0.25, -0.2) is 0 Å². The molecule has 0 unspecified atom stereocenters. The monoisotopic (exact) mass is 400 g/mol. The van der Waals surface area contributed by atoms with Crippen molar-refractivity contribution in [1.82, 2.24) is 0 Å². The summed E-state index contributed by atoms with van der Waals surface area (Å²) in [6.07, 6.45) is -4.30. The first kappa shape index (κ1) is 19.6. The molecule has 0 spiro atoms. The first-order chi connectivity index (χ1) is 12.7. The van der Waals surface area contributed by atoms with Gasteiger partial charge in [0.05, 0.1) is 13.2 Å². The Balaban J connectivity index is 2.17. The van der Waals surface area contributed by atoms with Gasteiger partial charge in [0.25, 0.3) is 0 Å². The molecular weight excluding hydrogens is 377 g/mol. The van der Waals surface area contributed by atoms with Crippen molar-refractivity contribution < 1.29 is 13.2 Å². The summed E-state index contributed by atoms with van der Waals surface area (Å²) in [7, 11) is -4.30. The lowest BCUT2D eigenvalue weighted by Gasteiger charge is -2.42. The highest BCUT2D eigenvalue weighted by Gasteiger charge is 2.48. The fourth-order valence-corrected chi connectivity index (χ4v) is 16.4. The van der Waals surface area contributed by atoms with Gasteiger partial charge in [-0.15, -0.1) is 0 Å². The van der Waals surface area contributed by atoms with Crippen LogP contribution in [0.1, 0.15) is 5.56 Å². The summed E-state index contributed by atoms with van der Waals surface area (Å²) in [6.45, 7) is 6.95. The van der Waals surface area contributed by atoms with E-state index in [-0.39, 0.29) is 0 Å². The van der Waals surface area contributed by atoms with Crippen molar-refractivity contribution in [3.05, 3.63) is 90.5 Å². The van der Waals surface area contributed by atoms with Crippen LogP contribution in [-0.4, -0.2) is 15.2 Å². The van der Waals surface area contributed by atoms with Gasteiger partial charge in [0.1, 0.15) is 7.59 Å². The molecule has 0 aliphatic carbocycles. The predicted octanol–water partition coefficient (Wildman–Crippen LogP) is 4.59. The SMILES string of the molecule is C[Si](C)(c1ccc(C(F)(F)F)cc1)[Si](C)(c1ccccc1)c1ccccc1. The molecule has 140 valence electrons. The smallest absolute Gasteiger partial charge is 0.166 e. The Hall–Kier alpha value is -2.12. The number of hydrogen-bond acceptors (Lipinski definition) is 0. The highest BCUT2D eigenvalue weighted by atomic mass is 29.3. The molecule has 0 atom stereocenters. The molecule has 0 saturated heterocycles. The second-order valence-corrected chi connectivity index (χ2v) is 21.5. The first-order valence-electron chi connectivity index (χ1n) is 8.96. The second kappa shape index (κ2) is 7.13. The van der Waals surface area contributed by atoms with Crippen LogP contribution in [-0.2, 0) is 6.18 Å². The Morgan fingerprint density at radius 1 is 0.556 bits per heavy atom. The van der Waals surface area contributed by atoms with Gasteiger partial charge in [0.2, 0.25) is 0 Å². The fourth-order valence-electron chi connectivity index (χ4n) is 3.80. The van der Waals surface area contributed by atoms with E-state index in [2.05, 4.69) is 68.2 Å². The van der Waals surface area contributed by atoms with E-state index in [9.17, 15) is 13.2 Å². The lowest BCUT2D eigenvalue weighted by Crippen LogP contribution is -2.76. The van der Waals surface area contributed by atoms with Crippen molar-refractivity contribution in [3.63, 3.8) is 0 Å². The van der Waals surface area contributed by atoms with Crippen molar-refractivity contribution in [1.29, 1.82) is 0 Å². The molecule has 0 N–H and O–H groups in total. The third-order valence-electron chi connectivity index (χ3n) is 5.89. The molecular formula is C22H23F3Si2. The summed E-state index contributed by atoms with van der Waals surface area (Å²) in [5, 5.41) is 3.72. The maximum Gasteiger partial charge on any atom is 0.416 e. The van der Waals surface area contributed by atoms with Crippen molar-refractivity contribution in [2.24, 2.45) is 0 Å². The normalized spacial score (nSPS) is 12.8. The summed E-state index contributed by atoms with van der Waals surface area (Å²) in [5.41, 5.74) is -0.584. The number of rotatable bonds is 4. The Morgan fingerprint density at radius 2 is 0.963 bits per heavy atom. The van der Waals surface area contributed by atoms with Crippen LogP contribution in [0.15, 0.2) is 84.9 Å². The van der Waals surface area contributed by atoms with E-state index >= 15 is 0 Å². The van der Waals surface area contributed by atoms with E-state index in [0.717, 1.165) is 5.19 Å². The van der Waals surface area contributed by atoms with Crippen molar-refractivity contribution >= 4 is 30.7 Å². The van der Waals surface area contributed by atoms with Crippen LogP contribution in [0.25, 0.3) is 0 Å². The van der Waals surface area contributed by atoms with Gasteiger partial charge in [-0.05, 0) is 0 Å². The van der Waals surface area contributed by atoms with Crippen molar-refractivity contribution in [2.75, 3.05) is 0 Å². The minimum atomic E-state index is -4.30. The topological polar surface area (TPSA) is 0 Å². The van der Waals surface area contributed by atoms with Crippen molar-refractivity contribution in [3.8, 4) is 0 Å². The van der Waals surface area contributed by atoms with Crippen LogP contribution in [0.3, 0.4) is 0 Å². The van der Waals surface area contributed by atoms with Crippen LogP contribution < -0.4 is 15.6 Å². The summed E-state index contributed by atoms with van der Waals surface area (Å²) >= 11 is 0. The van der Waals surface area contributed by atoms with Gasteiger partial charge in [0, 0.05) is 0 Å². The molecule has 0 saturated carbocycles. The maximum atomic E-state index is 13.0. The van der Waals surface area contributed by atoms with E-state index in [1.165, 1.54) is 22.5 Å². The molecule has 3 aromatic carbocycles. The van der Waals surface area contributed by atoms with Crippen LogP contribution in [0.2, 0.25) is 19.6 Å². The van der Waals surface area contributed by atoms with Crippen LogP contribution >= 0.6 is 0 Å². The quantitative estimate of drug-likeness (QED) is 0.562. The first-order valence-corrected chi connectivity index (χ1v) is 15.5. The van der Waals surface area contributed by atoms with Gasteiger partial charge in [0.15, 0.2) is 0 Å². The highest BCUT2D eigenvalue weighted by molar-refractivity contribution is 7.54. The van der Waals surface area contributed by atoms with E-state index < -0.39 is 26.9 Å². The zero-order chi connectivity index (χ0) is 19.7. The Morgan fingerprint density at radius 3 is 1.33 bits per heavy atom. The standard InChI is InChI=1S/C22H23F3Si2/c1-26(2,19-16-14-18(15-17-19)22(23,24)25)27(3,20-10-6-4-7-11-20)21-12-8-5-9-13-21/h4-17H,1-3H3. The second-order valence-electron chi connectivity index (χ2n) is 7.56. The van der Waals surface area contributed by atoms with Crippen LogP contribution in [0.5, 0.6) is 0 Å². The number of halogens is 3. The van der Waals surface area contributed by atoms with Gasteiger partial charge in [-0.2, -0.15) is 13.2 Å². The van der Waals surface area contributed by atoms with Gasteiger partial charge < -0.3 is 0 Å². The van der Waals surface area contributed by atoms with Crippen molar-refractivity contribution in [2.45, 2.75) is 25.8 Å². The highest BCUT2D eigenvalue weighted by Crippen LogP contribution is 2.29. The Bertz CT molecular complexity index is 847. The van der Waals surface area contributed by atoms with E-state index in [4.69, 9.17) is 0 Å². The lowest BCUT2D eigenvalue weighted by atomic mass is 10.2. The van der Waals surface area contributed by atoms with Gasteiger partial charge in [-0.3, -0.25) is 0 Å². The molecule has 0 aliphatic heterocycles. The number of alkyl halides is 3. The summed E-state index contributed by atoms with van der Waals surface area (Å²) in [6, 6.07) is 26.8. The lowest BCUT2D eigenvalue weighted by molar-refractivity contribution is -0.137. The van der Waals surface area contributed by atoms with E-state index in [1.54, 1.807) is 12.1 Å². The molecule has 0 radical (unpaired) electrons. The predicted molar refractivity (Wildman–Crippen MR) is 112 cm³/mol. The van der Waals surface area contributed by atoms with Gasteiger partial charge >= 0.3 is 6.18 Å². The van der Waals surface area contributed by atoms with Crippen LogP contribution in [0.4, 0.5) is 13.2 Å². The Kier molecular flexibility index (Phi) is 5.19. The number of benzene rings is 3. The minimum Gasteiger partial charge on any atom is -0.166 e. The fraction of sp³-hybridized carbons (Fsp3) is 0.182. The van der Waals surface area contributed by atoms with E-state index in [1.807, 2.05) is 12.1 Å². The molecule has 0 aromatic heterocycles. The average molecular weight is 401 g/mol. The summed E-state index contributed by atoms with van der Waals surface area (Å²) in [4.78, 5) is 0. The third-order valence-corrected chi connectivity index (χ3v) is 23.2. The van der Waals surface area contributed by atoms with E-state index in [0.29, 0.717) is 0 Å². The average Bonchev–Trinajstić information content (AvgIpc) is 2.68. The van der Waals surface area contributed by atoms with Gasteiger partial charge in [-0.1, -0.05) is 120 Å². The summed E-state index contributed by atoms with van der Waals surface area (Å²) < 4.78 is 39.0. The molecule has 0 fully saturated rings. The molecule has 0 nitrogen and oxygen atoms in total. The molecule has 5 heteroatoms. The maximum absolute atomic E-state index is 13.0. The van der Waals surface area contributed by atoms with Crippen LogP contribution in [0, 0.1) is 0 Å². The molecule has 0 amide bonds. The summed E-state index contributed by atoms with van der Waals surface area (Å²) in [5.74, 6) is 0.